The Morgan fingerprint density at radius 3 is 2.39 bits per heavy atom. The summed E-state index contributed by atoms with van der Waals surface area (Å²) in [5, 5.41) is 10.4. The molecule has 2 N–H and O–H groups in total. The molecule has 2 aliphatic rings. The van der Waals surface area contributed by atoms with Crippen molar-refractivity contribution in [1.82, 2.24) is 0 Å². The van der Waals surface area contributed by atoms with Crippen molar-refractivity contribution in [2.45, 2.75) is 32.6 Å². The topological polar surface area (TPSA) is 53.0 Å². The van der Waals surface area contributed by atoms with Crippen molar-refractivity contribution in [2.75, 3.05) is 23.7 Å². The normalized spacial score (nSPS) is 27.5. The summed E-state index contributed by atoms with van der Waals surface area (Å²) in [6.45, 7) is 6.82. The highest BCUT2D eigenvalue weighted by Gasteiger charge is 2.36. The Balaban J connectivity index is 1.99. The zero-order valence-electron chi connectivity index (χ0n) is 10.9. The second-order valence-electron chi connectivity index (χ2n) is 5.81. The highest BCUT2D eigenvalue weighted by Crippen LogP contribution is 2.52. The first-order chi connectivity index (χ1) is 8.61. The summed E-state index contributed by atoms with van der Waals surface area (Å²) in [5.74, 6) is 2.07. The standard InChI is InChI=1S/C14H19N3S/c1-8-6-17(7-9(8)2)14-12(10-3-4-10)13(16)11(5-15)18-14/h8-10H,3-4,6-7,16H2,1-2H3. The van der Waals surface area contributed by atoms with Crippen molar-refractivity contribution < 1.29 is 0 Å². The van der Waals surface area contributed by atoms with Gasteiger partial charge in [-0.05, 0) is 30.6 Å². The van der Waals surface area contributed by atoms with Crippen LogP contribution in [0.3, 0.4) is 0 Å². The van der Waals surface area contributed by atoms with Crippen molar-refractivity contribution in [2.24, 2.45) is 11.8 Å². The monoisotopic (exact) mass is 261 g/mol. The number of hydrogen-bond donors (Lipinski definition) is 1. The average Bonchev–Trinajstić information content (AvgIpc) is 3.04. The van der Waals surface area contributed by atoms with E-state index in [1.807, 2.05) is 0 Å². The first kappa shape index (κ1) is 11.9. The van der Waals surface area contributed by atoms with Gasteiger partial charge in [0.25, 0.3) is 0 Å². The van der Waals surface area contributed by atoms with Crippen LogP contribution in [0.5, 0.6) is 0 Å². The molecule has 0 bridgehead atoms. The van der Waals surface area contributed by atoms with Crippen molar-refractivity contribution in [1.29, 1.82) is 5.26 Å². The van der Waals surface area contributed by atoms with Gasteiger partial charge in [-0.2, -0.15) is 5.26 Å². The van der Waals surface area contributed by atoms with Gasteiger partial charge >= 0.3 is 0 Å². The molecular weight excluding hydrogens is 242 g/mol. The van der Waals surface area contributed by atoms with Gasteiger partial charge in [0.1, 0.15) is 10.9 Å². The number of nitrogens with two attached hydrogens (primary N) is 1. The molecule has 1 aromatic rings. The minimum absolute atomic E-state index is 0.615. The van der Waals surface area contributed by atoms with Gasteiger partial charge in [-0.1, -0.05) is 13.8 Å². The summed E-state index contributed by atoms with van der Waals surface area (Å²) in [4.78, 5) is 3.16. The number of hydrogen-bond acceptors (Lipinski definition) is 4. The van der Waals surface area contributed by atoms with Crippen molar-refractivity contribution in [3.63, 3.8) is 0 Å². The fourth-order valence-corrected chi connectivity index (χ4v) is 3.95. The molecule has 1 saturated heterocycles. The van der Waals surface area contributed by atoms with Crippen LogP contribution in [0.15, 0.2) is 0 Å². The Morgan fingerprint density at radius 1 is 1.28 bits per heavy atom. The quantitative estimate of drug-likeness (QED) is 0.889. The maximum atomic E-state index is 9.17. The number of thiophene rings is 1. The van der Waals surface area contributed by atoms with Crippen LogP contribution >= 0.6 is 11.3 Å². The molecule has 96 valence electrons. The average molecular weight is 261 g/mol. The van der Waals surface area contributed by atoms with Crippen LogP contribution in [0, 0.1) is 23.2 Å². The van der Waals surface area contributed by atoms with Gasteiger partial charge in [0, 0.05) is 18.7 Å². The Kier molecular flexibility index (Phi) is 2.74. The second kappa shape index (κ2) is 4.17. The molecule has 0 spiro atoms. The molecule has 1 aromatic heterocycles. The molecular formula is C14H19N3S. The van der Waals surface area contributed by atoms with E-state index in [4.69, 9.17) is 11.0 Å². The third-order valence-corrected chi connectivity index (χ3v) is 5.51. The number of nitrogens with zero attached hydrogens (tertiary/aromatic N) is 2. The largest absolute Gasteiger partial charge is 0.397 e. The van der Waals surface area contributed by atoms with Crippen LogP contribution in [0.2, 0.25) is 0 Å². The Labute approximate surface area is 112 Å². The van der Waals surface area contributed by atoms with E-state index in [2.05, 4.69) is 24.8 Å². The van der Waals surface area contributed by atoms with E-state index in [0.717, 1.165) is 30.6 Å². The summed E-state index contributed by atoms with van der Waals surface area (Å²) in [6, 6.07) is 2.25. The Morgan fingerprint density at radius 2 is 1.89 bits per heavy atom. The van der Waals surface area contributed by atoms with E-state index in [0.29, 0.717) is 10.8 Å². The molecule has 1 saturated carbocycles. The summed E-state index contributed by atoms with van der Waals surface area (Å²) < 4.78 is 0. The summed E-state index contributed by atoms with van der Waals surface area (Å²) >= 11 is 1.60. The van der Waals surface area contributed by atoms with Crippen LogP contribution in [0.1, 0.15) is 43.0 Å². The molecule has 2 heterocycles. The summed E-state index contributed by atoms with van der Waals surface area (Å²) in [6.07, 6.45) is 2.47. The molecule has 18 heavy (non-hydrogen) atoms. The maximum Gasteiger partial charge on any atom is 0.130 e. The minimum atomic E-state index is 0.615. The molecule has 4 heteroatoms. The molecule has 2 fully saturated rings. The van der Waals surface area contributed by atoms with E-state index in [-0.39, 0.29) is 0 Å². The SMILES string of the molecule is CC1CN(c2sc(C#N)c(N)c2C2CC2)CC1C. The van der Waals surface area contributed by atoms with Crippen LogP contribution in [0.4, 0.5) is 10.7 Å². The van der Waals surface area contributed by atoms with Crippen LogP contribution < -0.4 is 10.6 Å². The van der Waals surface area contributed by atoms with Crippen molar-refractivity contribution >= 4 is 22.0 Å². The lowest BCUT2D eigenvalue weighted by molar-refractivity contribution is 0.494. The smallest absolute Gasteiger partial charge is 0.130 e. The highest BCUT2D eigenvalue weighted by molar-refractivity contribution is 7.17. The lowest BCUT2D eigenvalue weighted by Gasteiger charge is -2.18. The lowest BCUT2D eigenvalue weighted by Crippen LogP contribution is -2.19. The Bertz CT molecular complexity index is 500. The summed E-state index contributed by atoms with van der Waals surface area (Å²) in [7, 11) is 0. The molecule has 3 nitrogen and oxygen atoms in total. The van der Waals surface area contributed by atoms with E-state index in [1.54, 1.807) is 11.3 Å². The number of rotatable bonds is 2. The zero-order chi connectivity index (χ0) is 12.9. The van der Waals surface area contributed by atoms with E-state index in [9.17, 15) is 0 Å². The van der Waals surface area contributed by atoms with Gasteiger partial charge in [-0.15, -0.1) is 11.3 Å². The van der Waals surface area contributed by atoms with Gasteiger partial charge in [0.2, 0.25) is 0 Å². The molecule has 0 amide bonds. The fourth-order valence-electron chi connectivity index (χ4n) is 2.82. The molecule has 2 atom stereocenters. The molecule has 0 aromatic carbocycles. The second-order valence-corrected chi connectivity index (χ2v) is 6.81. The van der Waals surface area contributed by atoms with Gasteiger partial charge < -0.3 is 10.6 Å². The van der Waals surface area contributed by atoms with Crippen LogP contribution in [0.25, 0.3) is 0 Å². The zero-order valence-corrected chi connectivity index (χ0v) is 11.8. The maximum absolute atomic E-state index is 9.17. The minimum Gasteiger partial charge on any atom is -0.397 e. The van der Waals surface area contributed by atoms with Gasteiger partial charge in [-0.3, -0.25) is 0 Å². The summed E-state index contributed by atoms with van der Waals surface area (Å²) in [5.41, 5.74) is 8.19. The predicted octanol–water partition coefficient (Wildman–Crippen LogP) is 3.17. The highest BCUT2D eigenvalue weighted by atomic mass is 32.1. The van der Waals surface area contributed by atoms with E-state index >= 15 is 0 Å². The van der Waals surface area contributed by atoms with Crippen molar-refractivity contribution in [3.8, 4) is 6.07 Å². The van der Waals surface area contributed by atoms with Gasteiger partial charge in [-0.25, -0.2) is 0 Å². The lowest BCUT2D eigenvalue weighted by atomic mass is 10.0. The van der Waals surface area contributed by atoms with E-state index in [1.165, 1.54) is 23.4 Å². The predicted molar refractivity (Wildman–Crippen MR) is 76.0 cm³/mol. The molecule has 2 unspecified atom stereocenters. The van der Waals surface area contributed by atoms with Gasteiger partial charge in [0.05, 0.1) is 10.7 Å². The molecule has 1 aliphatic carbocycles. The molecule has 1 aliphatic heterocycles. The number of anilines is 2. The fraction of sp³-hybridized carbons (Fsp3) is 0.643. The van der Waals surface area contributed by atoms with Crippen LogP contribution in [-0.4, -0.2) is 13.1 Å². The number of nitrogen functional groups attached to an aromatic ring is 1. The van der Waals surface area contributed by atoms with Crippen molar-refractivity contribution in [3.05, 3.63) is 10.4 Å². The first-order valence-electron chi connectivity index (χ1n) is 6.69. The van der Waals surface area contributed by atoms with Crippen LogP contribution in [-0.2, 0) is 0 Å². The third kappa shape index (κ3) is 1.78. The molecule has 0 radical (unpaired) electrons. The van der Waals surface area contributed by atoms with E-state index < -0.39 is 0 Å². The first-order valence-corrected chi connectivity index (χ1v) is 7.50. The molecule has 3 rings (SSSR count). The van der Waals surface area contributed by atoms with Gasteiger partial charge in [0.15, 0.2) is 0 Å². The number of nitriles is 1. The third-order valence-electron chi connectivity index (χ3n) is 4.33. The Hall–Kier alpha value is -1.21.